The largest absolute Gasteiger partial charge is 0.491 e. The first-order valence-corrected chi connectivity index (χ1v) is 11.0. The molecule has 0 unspecified atom stereocenters. The van der Waals surface area contributed by atoms with Crippen molar-refractivity contribution >= 4 is 29.9 Å². The summed E-state index contributed by atoms with van der Waals surface area (Å²) < 4.78 is 12.9. The maximum Gasteiger partial charge on any atom is 0.191 e. The smallest absolute Gasteiger partial charge is 0.191 e. The van der Waals surface area contributed by atoms with Gasteiger partial charge in [0.05, 0.1) is 19.7 Å². The fourth-order valence-electron chi connectivity index (χ4n) is 3.28. The van der Waals surface area contributed by atoms with Crippen LogP contribution in [0.2, 0.25) is 0 Å². The number of hydrogen-bond acceptors (Lipinski definition) is 4. The van der Waals surface area contributed by atoms with E-state index in [1.807, 2.05) is 16.9 Å². The molecule has 0 saturated carbocycles. The number of halogens is 1. The maximum atomic E-state index is 5.90. The van der Waals surface area contributed by atoms with Crippen molar-refractivity contribution in [3.8, 4) is 5.75 Å². The van der Waals surface area contributed by atoms with Crippen LogP contribution in [0.25, 0.3) is 0 Å². The lowest BCUT2D eigenvalue weighted by Gasteiger charge is -2.15. The maximum absolute atomic E-state index is 5.90. The lowest BCUT2D eigenvalue weighted by molar-refractivity contribution is 0.145. The number of aromatic nitrogens is 2. The Balaban J connectivity index is 0.00000385. The third kappa shape index (κ3) is 9.05. The minimum Gasteiger partial charge on any atom is -0.491 e. The second kappa shape index (κ2) is 14.5. The van der Waals surface area contributed by atoms with Gasteiger partial charge in [0.1, 0.15) is 12.4 Å². The highest BCUT2D eigenvalue weighted by Gasteiger charge is 2.06. The summed E-state index contributed by atoms with van der Waals surface area (Å²) in [5.41, 5.74) is 4.61. The first-order chi connectivity index (χ1) is 15.7. The third-order valence-corrected chi connectivity index (χ3v) is 4.87. The van der Waals surface area contributed by atoms with Crippen LogP contribution in [0.1, 0.15) is 29.2 Å². The Hall–Kier alpha value is -2.59. The number of guanidine groups is 1. The van der Waals surface area contributed by atoms with E-state index in [1.165, 1.54) is 5.56 Å². The van der Waals surface area contributed by atoms with Crippen LogP contribution in [0, 0.1) is 6.92 Å². The molecule has 7 nitrogen and oxygen atoms in total. The minimum atomic E-state index is 0. The zero-order valence-corrected chi connectivity index (χ0v) is 21.9. The number of hydrogen-bond donors (Lipinski definition) is 2. The molecular weight excluding hydrogens is 529 g/mol. The van der Waals surface area contributed by atoms with Gasteiger partial charge in [-0.3, -0.25) is 4.68 Å². The molecule has 2 N–H and O–H groups in total. The summed E-state index contributed by atoms with van der Waals surface area (Å²) in [5, 5.41) is 11.0. The summed E-state index contributed by atoms with van der Waals surface area (Å²) in [5.74, 6) is 1.64. The van der Waals surface area contributed by atoms with Crippen molar-refractivity contribution in [3.05, 3.63) is 83.2 Å². The highest BCUT2D eigenvalue weighted by Crippen LogP contribution is 2.20. The van der Waals surface area contributed by atoms with Gasteiger partial charge >= 0.3 is 0 Å². The van der Waals surface area contributed by atoms with Crippen molar-refractivity contribution in [1.29, 1.82) is 0 Å². The van der Waals surface area contributed by atoms with E-state index in [9.17, 15) is 0 Å². The van der Waals surface area contributed by atoms with Gasteiger partial charge in [-0.05, 0) is 42.7 Å². The van der Waals surface area contributed by atoms with E-state index in [0.29, 0.717) is 26.3 Å². The molecule has 0 aliphatic heterocycles. The molecule has 0 aliphatic rings. The number of aliphatic imine (C=N–C) groups is 1. The number of nitrogens with one attached hydrogen (secondary N) is 2. The van der Waals surface area contributed by atoms with Crippen LogP contribution in [0.3, 0.4) is 0 Å². The Morgan fingerprint density at radius 2 is 1.91 bits per heavy atom. The number of benzene rings is 2. The fraction of sp³-hybridized carbons (Fsp3) is 0.360. The van der Waals surface area contributed by atoms with Crippen molar-refractivity contribution in [2.75, 3.05) is 26.9 Å². The Kier molecular flexibility index (Phi) is 11.7. The van der Waals surface area contributed by atoms with Crippen LogP contribution in [0.15, 0.2) is 65.9 Å². The summed E-state index contributed by atoms with van der Waals surface area (Å²) in [7, 11) is 1.67. The van der Waals surface area contributed by atoms with E-state index in [0.717, 1.165) is 41.5 Å². The van der Waals surface area contributed by atoms with Crippen LogP contribution in [0.5, 0.6) is 5.75 Å². The Morgan fingerprint density at radius 3 is 2.67 bits per heavy atom. The molecule has 0 fully saturated rings. The van der Waals surface area contributed by atoms with Crippen LogP contribution in [-0.4, -0.2) is 42.6 Å². The third-order valence-electron chi connectivity index (χ3n) is 4.87. The fourth-order valence-corrected chi connectivity index (χ4v) is 3.28. The van der Waals surface area contributed by atoms with Crippen LogP contribution in [-0.2, 0) is 24.4 Å². The van der Waals surface area contributed by atoms with Gasteiger partial charge < -0.3 is 20.1 Å². The van der Waals surface area contributed by atoms with Crippen LogP contribution in [0.4, 0.5) is 0 Å². The molecular formula is C25H34IN5O2. The first kappa shape index (κ1) is 26.7. The summed E-state index contributed by atoms with van der Waals surface area (Å²) in [4.78, 5) is 4.77. The van der Waals surface area contributed by atoms with Crippen molar-refractivity contribution in [3.63, 3.8) is 0 Å². The van der Waals surface area contributed by atoms with Crippen molar-refractivity contribution in [1.82, 2.24) is 20.4 Å². The van der Waals surface area contributed by atoms with Gasteiger partial charge in [0.25, 0.3) is 0 Å². The zero-order chi connectivity index (χ0) is 22.6. The molecule has 0 amide bonds. The number of aryl methyl sites for hydroxylation is 1. The summed E-state index contributed by atoms with van der Waals surface area (Å²) >= 11 is 0. The molecule has 0 spiro atoms. The predicted molar refractivity (Wildman–Crippen MR) is 143 cm³/mol. The molecule has 0 bridgehead atoms. The van der Waals surface area contributed by atoms with Crippen molar-refractivity contribution in [2.45, 2.75) is 33.5 Å². The molecule has 178 valence electrons. The van der Waals surface area contributed by atoms with Gasteiger partial charge in [0.15, 0.2) is 5.96 Å². The van der Waals surface area contributed by atoms with Crippen LogP contribution >= 0.6 is 24.0 Å². The van der Waals surface area contributed by atoms with Gasteiger partial charge in [-0.2, -0.15) is 5.10 Å². The molecule has 0 saturated heterocycles. The normalized spacial score (nSPS) is 11.1. The lowest BCUT2D eigenvalue weighted by atomic mass is 10.1. The van der Waals surface area contributed by atoms with Gasteiger partial charge in [-0.1, -0.05) is 36.4 Å². The van der Waals surface area contributed by atoms with Gasteiger partial charge in [0.2, 0.25) is 0 Å². The lowest BCUT2D eigenvalue weighted by Crippen LogP contribution is -2.36. The van der Waals surface area contributed by atoms with Gasteiger partial charge in [-0.15, -0.1) is 24.0 Å². The molecule has 1 heterocycles. The summed E-state index contributed by atoms with van der Waals surface area (Å²) in [6.07, 6.45) is 3.76. The second-order valence-electron chi connectivity index (χ2n) is 7.52. The Morgan fingerprint density at radius 1 is 1.06 bits per heavy atom. The molecule has 33 heavy (non-hydrogen) atoms. The predicted octanol–water partition coefficient (Wildman–Crippen LogP) is 4.14. The Bertz CT molecular complexity index is 992. The number of methoxy groups -OCH3 is 1. The number of ether oxygens (including phenoxy) is 2. The molecule has 3 aromatic rings. The standard InChI is InChI=1S/C25H33N5O2.HI/c1-4-26-25(28-18-23-10-9-20(2)15-24(23)32-14-13-31-3)27-17-21-7-5-8-22(16-21)19-30-12-6-11-29-30;/h5-12,15-16H,4,13-14,17-19H2,1-3H3,(H2,26,27,28);1H. The second-order valence-corrected chi connectivity index (χ2v) is 7.52. The van der Waals surface area contributed by atoms with Gasteiger partial charge in [-0.25, -0.2) is 4.99 Å². The van der Waals surface area contributed by atoms with E-state index in [1.54, 1.807) is 13.3 Å². The van der Waals surface area contributed by atoms with E-state index >= 15 is 0 Å². The average Bonchev–Trinajstić information content (AvgIpc) is 3.30. The SMILES string of the molecule is CCNC(=NCc1cccc(Cn2cccn2)c1)NCc1ccc(C)cc1OCCOC.I. The molecule has 0 aliphatic carbocycles. The molecule has 2 aromatic carbocycles. The topological polar surface area (TPSA) is 72.7 Å². The first-order valence-electron chi connectivity index (χ1n) is 11.0. The average molecular weight is 563 g/mol. The van der Waals surface area contributed by atoms with E-state index in [4.69, 9.17) is 14.5 Å². The number of nitrogens with zero attached hydrogens (tertiary/aromatic N) is 3. The molecule has 0 atom stereocenters. The quantitative estimate of drug-likeness (QED) is 0.159. The molecule has 3 rings (SSSR count). The highest BCUT2D eigenvalue weighted by atomic mass is 127. The van der Waals surface area contributed by atoms with Crippen LogP contribution < -0.4 is 15.4 Å². The minimum absolute atomic E-state index is 0. The van der Waals surface area contributed by atoms with Crippen molar-refractivity contribution in [2.24, 2.45) is 4.99 Å². The molecule has 1 aromatic heterocycles. The van der Waals surface area contributed by atoms with E-state index in [2.05, 4.69) is 72.0 Å². The summed E-state index contributed by atoms with van der Waals surface area (Å²) in [6.45, 7) is 7.96. The highest BCUT2D eigenvalue weighted by molar-refractivity contribution is 14.0. The zero-order valence-electron chi connectivity index (χ0n) is 19.6. The van der Waals surface area contributed by atoms with Crippen molar-refractivity contribution < 1.29 is 9.47 Å². The Labute approximate surface area is 213 Å². The molecule has 8 heteroatoms. The number of rotatable bonds is 11. The summed E-state index contributed by atoms with van der Waals surface area (Å²) in [6, 6.07) is 16.6. The molecule has 0 radical (unpaired) electrons. The van der Waals surface area contributed by atoms with E-state index < -0.39 is 0 Å². The van der Waals surface area contributed by atoms with Gasteiger partial charge in [0, 0.05) is 38.2 Å². The monoisotopic (exact) mass is 563 g/mol. The van der Waals surface area contributed by atoms with E-state index in [-0.39, 0.29) is 24.0 Å².